The highest BCUT2D eigenvalue weighted by atomic mass is 32.2. The van der Waals surface area contributed by atoms with Crippen LogP contribution in [0.15, 0.2) is 12.1 Å². The standard InChI is InChI=1S/C11H14F2N2O4S2/c12-8-5-9(13)11(6-10(8)14)15-21(18,19)7-1-3-20(16,17)4-2-7/h5-7,15H,1-4,14H2. The van der Waals surface area contributed by atoms with Crippen molar-refractivity contribution in [2.24, 2.45) is 0 Å². The second kappa shape index (κ2) is 5.41. The van der Waals surface area contributed by atoms with Gasteiger partial charge in [0.1, 0.15) is 21.5 Å². The molecule has 0 aromatic heterocycles. The van der Waals surface area contributed by atoms with Gasteiger partial charge in [-0.05, 0) is 18.9 Å². The molecule has 3 N–H and O–H groups in total. The topological polar surface area (TPSA) is 106 Å². The van der Waals surface area contributed by atoms with Gasteiger partial charge in [-0.2, -0.15) is 0 Å². The molecule has 1 saturated heterocycles. The Bertz CT molecular complexity index is 749. The van der Waals surface area contributed by atoms with E-state index in [1.807, 2.05) is 4.72 Å². The SMILES string of the molecule is Nc1cc(NS(=O)(=O)C2CCS(=O)(=O)CC2)c(F)cc1F. The van der Waals surface area contributed by atoms with Crippen molar-refractivity contribution >= 4 is 31.2 Å². The Labute approximate surface area is 121 Å². The molecule has 118 valence electrons. The number of halogens is 2. The first-order valence-corrected chi connectivity index (χ1v) is 9.44. The molecule has 1 heterocycles. The van der Waals surface area contributed by atoms with E-state index in [2.05, 4.69) is 0 Å². The number of nitrogens with two attached hydrogens (primary N) is 1. The van der Waals surface area contributed by atoms with Crippen LogP contribution in [-0.2, 0) is 19.9 Å². The number of sulfone groups is 1. The van der Waals surface area contributed by atoms with Crippen LogP contribution in [0.3, 0.4) is 0 Å². The molecule has 0 radical (unpaired) electrons. The number of nitrogens with one attached hydrogen (secondary N) is 1. The maximum Gasteiger partial charge on any atom is 0.235 e. The first-order chi connectivity index (χ1) is 9.61. The zero-order valence-corrected chi connectivity index (χ0v) is 12.5. The summed E-state index contributed by atoms with van der Waals surface area (Å²) in [6, 6.07) is 1.33. The van der Waals surface area contributed by atoms with Crippen LogP contribution in [0.2, 0.25) is 0 Å². The molecule has 6 nitrogen and oxygen atoms in total. The van der Waals surface area contributed by atoms with Crippen molar-refractivity contribution in [2.45, 2.75) is 18.1 Å². The molecule has 0 unspecified atom stereocenters. The molecule has 2 rings (SSSR count). The number of rotatable bonds is 3. The normalized spacial score (nSPS) is 19.3. The van der Waals surface area contributed by atoms with Crippen molar-refractivity contribution in [3.63, 3.8) is 0 Å². The number of hydrogen-bond donors (Lipinski definition) is 2. The molecule has 0 atom stereocenters. The Balaban J connectivity index is 2.21. The molecular formula is C11H14F2N2O4S2. The van der Waals surface area contributed by atoms with E-state index in [1.54, 1.807) is 0 Å². The van der Waals surface area contributed by atoms with Crippen molar-refractivity contribution in [2.75, 3.05) is 22.0 Å². The first-order valence-electron chi connectivity index (χ1n) is 6.07. The Morgan fingerprint density at radius 2 is 1.71 bits per heavy atom. The summed E-state index contributed by atoms with van der Waals surface area (Å²) in [6.45, 7) is 0. The van der Waals surface area contributed by atoms with E-state index in [0.29, 0.717) is 6.07 Å². The molecule has 1 aromatic carbocycles. The number of anilines is 2. The molecule has 0 saturated carbocycles. The summed E-state index contributed by atoms with van der Waals surface area (Å²) >= 11 is 0. The zero-order chi connectivity index (χ0) is 15.8. The molecule has 0 spiro atoms. The lowest BCUT2D eigenvalue weighted by Gasteiger charge is -2.22. The average Bonchev–Trinajstić information content (AvgIpc) is 2.35. The second-order valence-electron chi connectivity index (χ2n) is 4.85. The molecule has 0 amide bonds. The van der Waals surface area contributed by atoms with E-state index >= 15 is 0 Å². The summed E-state index contributed by atoms with van der Waals surface area (Å²) in [5.74, 6) is -2.54. The van der Waals surface area contributed by atoms with Crippen molar-refractivity contribution in [3.05, 3.63) is 23.8 Å². The molecule has 0 aliphatic carbocycles. The summed E-state index contributed by atoms with van der Waals surface area (Å²) < 4.78 is 75.3. The number of nitrogen functional groups attached to an aromatic ring is 1. The van der Waals surface area contributed by atoms with Crippen LogP contribution in [0, 0.1) is 11.6 Å². The van der Waals surface area contributed by atoms with Crippen LogP contribution in [0.1, 0.15) is 12.8 Å². The van der Waals surface area contributed by atoms with Crippen LogP contribution in [0.25, 0.3) is 0 Å². The fourth-order valence-corrected chi connectivity index (χ4v) is 5.33. The smallest absolute Gasteiger partial charge is 0.235 e. The van der Waals surface area contributed by atoms with Gasteiger partial charge in [0.05, 0.1) is 28.1 Å². The summed E-state index contributed by atoms with van der Waals surface area (Å²) in [5, 5.41) is -0.938. The number of benzene rings is 1. The van der Waals surface area contributed by atoms with Crippen molar-refractivity contribution < 1.29 is 25.6 Å². The van der Waals surface area contributed by atoms with Crippen molar-refractivity contribution in [3.8, 4) is 0 Å². The lowest BCUT2D eigenvalue weighted by Crippen LogP contribution is -2.36. The minimum atomic E-state index is -3.97. The quantitative estimate of drug-likeness (QED) is 0.794. The molecule has 1 aliphatic rings. The highest BCUT2D eigenvalue weighted by molar-refractivity contribution is 7.94. The summed E-state index contributed by atoms with van der Waals surface area (Å²) in [7, 11) is -7.18. The van der Waals surface area contributed by atoms with Crippen molar-refractivity contribution in [1.29, 1.82) is 0 Å². The summed E-state index contributed by atoms with van der Waals surface area (Å²) in [5.41, 5.74) is 4.42. The first kappa shape index (κ1) is 16.0. The maximum atomic E-state index is 13.5. The van der Waals surface area contributed by atoms with Crippen LogP contribution >= 0.6 is 0 Å². The third-order valence-electron chi connectivity index (χ3n) is 3.28. The minimum absolute atomic E-state index is 0.0596. The second-order valence-corrected chi connectivity index (χ2v) is 9.12. The Kier molecular flexibility index (Phi) is 4.11. The van der Waals surface area contributed by atoms with Gasteiger partial charge in [0.15, 0.2) is 0 Å². The fraction of sp³-hybridized carbons (Fsp3) is 0.455. The van der Waals surface area contributed by atoms with E-state index in [9.17, 15) is 25.6 Å². The fourth-order valence-electron chi connectivity index (χ4n) is 2.06. The zero-order valence-electron chi connectivity index (χ0n) is 10.8. The van der Waals surface area contributed by atoms with Crippen LogP contribution in [0.4, 0.5) is 20.2 Å². The van der Waals surface area contributed by atoms with E-state index < -0.39 is 42.4 Å². The molecule has 0 bridgehead atoms. The van der Waals surface area contributed by atoms with Gasteiger partial charge in [-0.3, -0.25) is 4.72 Å². The Morgan fingerprint density at radius 1 is 1.14 bits per heavy atom. The van der Waals surface area contributed by atoms with Gasteiger partial charge in [-0.1, -0.05) is 0 Å². The Morgan fingerprint density at radius 3 is 2.29 bits per heavy atom. The number of sulfonamides is 1. The van der Waals surface area contributed by atoms with Gasteiger partial charge in [-0.15, -0.1) is 0 Å². The van der Waals surface area contributed by atoms with Crippen LogP contribution in [-0.4, -0.2) is 33.6 Å². The third-order valence-corrected chi connectivity index (χ3v) is 6.85. The monoisotopic (exact) mass is 340 g/mol. The van der Waals surface area contributed by atoms with Gasteiger partial charge in [0, 0.05) is 6.07 Å². The van der Waals surface area contributed by atoms with E-state index in [4.69, 9.17) is 5.73 Å². The summed E-state index contributed by atoms with van der Waals surface area (Å²) in [6.07, 6.45) is -0.119. The minimum Gasteiger partial charge on any atom is -0.396 e. The average molecular weight is 340 g/mol. The molecular weight excluding hydrogens is 326 g/mol. The van der Waals surface area contributed by atoms with E-state index in [-0.39, 0.29) is 30.0 Å². The predicted octanol–water partition coefficient (Wildman–Crippen LogP) is 0.866. The highest BCUT2D eigenvalue weighted by Gasteiger charge is 2.33. The lowest BCUT2D eigenvalue weighted by molar-refractivity contribution is 0.554. The van der Waals surface area contributed by atoms with Gasteiger partial charge in [0.25, 0.3) is 0 Å². The van der Waals surface area contributed by atoms with Gasteiger partial charge in [-0.25, -0.2) is 25.6 Å². The van der Waals surface area contributed by atoms with E-state index in [1.165, 1.54) is 0 Å². The van der Waals surface area contributed by atoms with Crippen molar-refractivity contribution in [1.82, 2.24) is 0 Å². The maximum absolute atomic E-state index is 13.5. The Hall–Kier alpha value is -1.42. The van der Waals surface area contributed by atoms with Crippen LogP contribution in [0.5, 0.6) is 0 Å². The molecule has 1 aliphatic heterocycles. The molecule has 1 aromatic rings. The third kappa shape index (κ3) is 3.62. The molecule has 10 heteroatoms. The van der Waals surface area contributed by atoms with Crippen LogP contribution < -0.4 is 10.5 Å². The number of hydrogen-bond acceptors (Lipinski definition) is 5. The summed E-state index contributed by atoms with van der Waals surface area (Å²) in [4.78, 5) is 0. The molecule has 1 fully saturated rings. The molecule has 21 heavy (non-hydrogen) atoms. The lowest BCUT2D eigenvalue weighted by atomic mass is 10.2. The predicted molar refractivity (Wildman–Crippen MR) is 75.0 cm³/mol. The highest BCUT2D eigenvalue weighted by Crippen LogP contribution is 2.25. The largest absolute Gasteiger partial charge is 0.396 e. The van der Waals surface area contributed by atoms with Gasteiger partial charge in [0.2, 0.25) is 10.0 Å². The van der Waals surface area contributed by atoms with Gasteiger partial charge < -0.3 is 5.73 Å². The van der Waals surface area contributed by atoms with E-state index in [0.717, 1.165) is 6.07 Å². The van der Waals surface area contributed by atoms with Gasteiger partial charge >= 0.3 is 0 Å².